The molecule has 2 saturated heterocycles. The first kappa shape index (κ1) is 23.3. The average molecular weight is 415 g/mol. The van der Waals surface area contributed by atoms with E-state index in [2.05, 4.69) is 11.9 Å². The summed E-state index contributed by atoms with van der Waals surface area (Å²) in [7, 11) is 2.49. The van der Waals surface area contributed by atoms with Crippen LogP contribution in [-0.2, 0) is 42.8 Å². The lowest BCUT2D eigenvalue weighted by Gasteiger charge is -2.46. The molecule has 0 unspecified atom stereocenters. The first-order chi connectivity index (χ1) is 13.4. The number of esters is 2. The fraction of sp³-hybridized carbons (Fsp3) is 0.737. The molecule has 10 nitrogen and oxygen atoms in total. The normalized spacial score (nSPS) is 32.3. The number of ether oxygens (including phenoxy) is 6. The molecular weight excluding hydrogens is 386 g/mol. The first-order valence-corrected chi connectivity index (χ1v) is 9.20. The molecule has 0 bridgehead atoms. The molecule has 2 rings (SSSR count). The van der Waals surface area contributed by atoms with Gasteiger partial charge in [0.25, 0.3) is 5.79 Å². The van der Waals surface area contributed by atoms with E-state index in [-0.39, 0.29) is 18.9 Å². The fourth-order valence-electron chi connectivity index (χ4n) is 3.53. The summed E-state index contributed by atoms with van der Waals surface area (Å²) in [6, 6.07) is -0.767. The predicted octanol–water partition coefficient (Wildman–Crippen LogP) is 0.435. The largest absolute Gasteiger partial charge is 0.465 e. The molecule has 29 heavy (non-hydrogen) atoms. The Balaban J connectivity index is 2.47. The van der Waals surface area contributed by atoms with E-state index in [1.54, 1.807) is 13.8 Å². The number of hydrogen-bond donors (Lipinski definition) is 1. The highest BCUT2D eigenvalue weighted by atomic mass is 16.8. The zero-order valence-electron chi connectivity index (χ0n) is 17.6. The summed E-state index contributed by atoms with van der Waals surface area (Å²) in [5.74, 6) is -4.43. The van der Waals surface area contributed by atoms with Crippen molar-refractivity contribution in [1.29, 1.82) is 0 Å². The van der Waals surface area contributed by atoms with E-state index < -0.39 is 47.9 Å². The second kappa shape index (κ2) is 8.78. The van der Waals surface area contributed by atoms with Crippen LogP contribution in [0.5, 0.6) is 0 Å². The molecule has 0 aromatic carbocycles. The third kappa shape index (κ3) is 5.13. The standard InChI is InChI=1S/C19H29NO9/c1-10-8-19(25-7,17(23)24-6)29-16(14(10)20-11(2)21)15(27-12(3)22)13-9-26-18(4,5)28-13/h13-16H,1,8-9H2,2-7H3,(H,20,21)/t13-,14-,15-,16-,19+/m1/s1. The van der Waals surface area contributed by atoms with Gasteiger partial charge in [-0.25, -0.2) is 4.79 Å². The van der Waals surface area contributed by atoms with E-state index in [0.717, 1.165) is 0 Å². The number of nitrogens with one attached hydrogen (secondary N) is 1. The second-order valence-corrected chi connectivity index (χ2v) is 7.49. The van der Waals surface area contributed by atoms with Gasteiger partial charge in [0.2, 0.25) is 5.91 Å². The van der Waals surface area contributed by atoms with E-state index in [1.807, 2.05) is 0 Å². The van der Waals surface area contributed by atoms with Gasteiger partial charge in [-0.2, -0.15) is 0 Å². The van der Waals surface area contributed by atoms with E-state index in [1.165, 1.54) is 28.1 Å². The zero-order chi connectivity index (χ0) is 22.0. The maximum atomic E-state index is 12.4. The summed E-state index contributed by atoms with van der Waals surface area (Å²) < 4.78 is 33.2. The molecule has 0 saturated carbocycles. The lowest BCUT2D eigenvalue weighted by atomic mass is 9.87. The third-order valence-corrected chi connectivity index (χ3v) is 4.76. The van der Waals surface area contributed by atoms with Crippen molar-refractivity contribution in [2.45, 2.75) is 70.0 Å². The Morgan fingerprint density at radius 1 is 1.21 bits per heavy atom. The predicted molar refractivity (Wildman–Crippen MR) is 98.4 cm³/mol. The van der Waals surface area contributed by atoms with Gasteiger partial charge in [-0.05, 0) is 19.4 Å². The molecule has 2 heterocycles. The van der Waals surface area contributed by atoms with Crippen LogP contribution < -0.4 is 5.32 Å². The Kier molecular flexibility index (Phi) is 7.05. The Hall–Kier alpha value is -2.01. The summed E-state index contributed by atoms with van der Waals surface area (Å²) in [4.78, 5) is 36.1. The minimum atomic E-state index is -1.81. The Morgan fingerprint density at radius 2 is 1.86 bits per heavy atom. The van der Waals surface area contributed by atoms with Crippen LogP contribution in [0.25, 0.3) is 0 Å². The van der Waals surface area contributed by atoms with E-state index in [0.29, 0.717) is 5.57 Å². The molecule has 0 radical (unpaired) electrons. The SMILES string of the molecule is C=C1C[C@@](OC)(C(=O)OC)O[C@@H]([C@H](OC(C)=O)[C@H]2COC(C)(C)O2)[C@@H]1NC(C)=O. The molecule has 0 aliphatic carbocycles. The molecule has 10 heteroatoms. The van der Waals surface area contributed by atoms with Crippen molar-refractivity contribution in [3.05, 3.63) is 12.2 Å². The molecule has 2 fully saturated rings. The van der Waals surface area contributed by atoms with Crippen LogP contribution >= 0.6 is 0 Å². The molecule has 1 amide bonds. The lowest BCUT2D eigenvalue weighted by molar-refractivity contribution is -0.283. The summed E-state index contributed by atoms with van der Waals surface area (Å²) in [6.45, 7) is 10.1. The topological polar surface area (TPSA) is 119 Å². The van der Waals surface area contributed by atoms with Crippen LogP contribution in [0.1, 0.15) is 34.1 Å². The van der Waals surface area contributed by atoms with Gasteiger partial charge in [-0.1, -0.05) is 6.58 Å². The fourth-order valence-corrected chi connectivity index (χ4v) is 3.53. The van der Waals surface area contributed by atoms with Gasteiger partial charge in [-0.15, -0.1) is 0 Å². The summed E-state index contributed by atoms with van der Waals surface area (Å²) in [6.07, 6.45) is -2.85. The molecule has 164 valence electrons. The average Bonchev–Trinajstić information content (AvgIpc) is 2.99. The molecule has 5 atom stereocenters. The minimum Gasteiger partial charge on any atom is -0.465 e. The number of carbonyl (C=O) groups is 3. The molecule has 0 spiro atoms. The molecule has 0 aromatic heterocycles. The maximum Gasteiger partial charge on any atom is 0.366 e. The lowest BCUT2D eigenvalue weighted by Crippen LogP contribution is -2.64. The quantitative estimate of drug-likeness (QED) is 0.487. The highest BCUT2D eigenvalue weighted by Crippen LogP contribution is 2.38. The monoisotopic (exact) mass is 415 g/mol. The summed E-state index contributed by atoms with van der Waals surface area (Å²) in [5, 5.41) is 2.74. The van der Waals surface area contributed by atoms with Gasteiger partial charge in [0.15, 0.2) is 11.9 Å². The smallest absolute Gasteiger partial charge is 0.366 e. The van der Waals surface area contributed by atoms with Crippen LogP contribution in [0, 0.1) is 0 Å². The third-order valence-electron chi connectivity index (χ3n) is 4.76. The Morgan fingerprint density at radius 3 is 2.31 bits per heavy atom. The van der Waals surface area contributed by atoms with Crippen LogP contribution in [0.4, 0.5) is 0 Å². The second-order valence-electron chi connectivity index (χ2n) is 7.49. The van der Waals surface area contributed by atoms with Crippen molar-refractivity contribution < 1.29 is 42.8 Å². The molecule has 1 N–H and O–H groups in total. The van der Waals surface area contributed by atoms with Crippen molar-refractivity contribution in [1.82, 2.24) is 5.32 Å². The summed E-state index contributed by atoms with van der Waals surface area (Å²) >= 11 is 0. The molecule has 0 aromatic rings. The van der Waals surface area contributed by atoms with Gasteiger partial charge < -0.3 is 33.7 Å². The number of hydrogen-bond acceptors (Lipinski definition) is 9. The minimum absolute atomic E-state index is 0.0576. The zero-order valence-corrected chi connectivity index (χ0v) is 17.6. The van der Waals surface area contributed by atoms with Crippen molar-refractivity contribution >= 4 is 17.8 Å². The van der Waals surface area contributed by atoms with Gasteiger partial charge in [0.05, 0.1) is 19.8 Å². The van der Waals surface area contributed by atoms with Gasteiger partial charge in [0.1, 0.15) is 12.2 Å². The number of methoxy groups -OCH3 is 2. The van der Waals surface area contributed by atoms with Crippen LogP contribution in [0.3, 0.4) is 0 Å². The van der Waals surface area contributed by atoms with Gasteiger partial charge >= 0.3 is 11.9 Å². The van der Waals surface area contributed by atoms with Gasteiger partial charge in [0, 0.05) is 27.4 Å². The van der Waals surface area contributed by atoms with Crippen molar-refractivity contribution in [2.75, 3.05) is 20.8 Å². The maximum absolute atomic E-state index is 12.4. The van der Waals surface area contributed by atoms with Crippen LogP contribution in [0.2, 0.25) is 0 Å². The number of rotatable bonds is 6. The van der Waals surface area contributed by atoms with Crippen LogP contribution in [0.15, 0.2) is 12.2 Å². The van der Waals surface area contributed by atoms with E-state index >= 15 is 0 Å². The van der Waals surface area contributed by atoms with Gasteiger partial charge in [-0.3, -0.25) is 9.59 Å². The van der Waals surface area contributed by atoms with Crippen molar-refractivity contribution in [2.24, 2.45) is 0 Å². The Labute approximate surface area is 169 Å². The van der Waals surface area contributed by atoms with Crippen molar-refractivity contribution in [3.63, 3.8) is 0 Å². The summed E-state index contributed by atoms with van der Waals surface area (Å²) in [5.41, 5.74) is 0.444. The van der Waals surface area contributed by atoms with E-state index in [9.17, 15) is 14.4 Å². The highest BCUT2D eigenvalue weighted by Gasteiger charge is 2.56. The molecular formula is C19H29NO9. The number of carbonyl (C=O) groups excluding carboxylic acids is 3. The Bertz CT molecular complexity index is 677. The molecule has 2 aliphatic rings. The van der Waals surface area contributed by atoms with E-state index in [4.69, 9.17) is 28.4 Å². The first-order valence-electron chi connectivity index (χ1n) is 9.20. The highest BCUT2D eigenvalue weighted by molar-refractivity contribution is 5.79. The van der Waals surface area contributed by atoms with Crippen LogP contribution in [-0.4, -0.2) is 74.6 Å². The van der Waals surface area contributed by atoms with Crippen molar-refractivity contribution in [3.8, 4) is 0 Å². The molecule has 2 aliphatic heterocycles. The number of amides is 1.